The molecule has 0 N–H and O–H groups in total. The molecule has 0 amide bonds. The second-order valence-corrected chi connectivity index (χ2v) is 7.10. The minimum absolute atomic E-state index is 0.0580. The fourth-order valence-electron chi connectivity index (χ4n) is 2.46. The standard InChI is InChI=1S/C21H13ClN2O2S/c22-15-5-9-18-19(12-15)23-13-21(24-18)26-16-6-3-14(4-7-16)20(25)10-8-17-2-1-11-27-17/h1-13H/b10-8+. The summed E-state index contributed by atoms with van der Waals surface area (Å²) in [6.07, 6.45) is 4.93. The molecule has 0 aliphatic heterocycles. The number of benzene rings is 2. The van der Waals surface area contributed by atoms with Gasteiger partial charge in [-0.25, -0.2) is 9.97 Å². The highest BCUT2D eigenvalue weighted by Gasteiger charge is 2.06. The Kier molecular flexibility index (Phi) is 4.96. The van der Waals surface area contributed by atoms with Crippen molar-refractivity contribution in [1.82, 2.24) is 9.97 Å². The zero-order chi connectivity index (χ0) is 18.6. The Morgan fingerprint density at radius 2 is 1.93 bits per heavy atom. The van der Waals surface area contributed by atoms with Crippen molar-refractivity contribution in [1.29, 1.82) is 0 Å². The quantitative estimate of drug-likeness (QED) is 0.307. The third-order valence-electron chi connectivity index (χ3n) is 3.79. The average molecular weight is 393 g/mol. The van der Waals surface area contributed by atoms with Crippen LogP contribution in [-0.4, -0.2) is 15.8 Å². The van der Waals surface area contributed by atoms with Gasteiger partial charge in [0.2, 0.25) is 5.88 Å². The molecule has 6 heteroatoms. The highest BCUT2D eigenvalue weighted by molar-refractivity contribution is 7.10. The Labute approximate surface area is 164 Å². The SMILES string of the molecule is O=C(/C=C/c1cccs1)c1ccc(Oc2cnc3cc(Cl)ccc3n2)cc1. The second kappa shape index (κ2) is 7.70. The number of aromatic nitrogens is 2. The highest BCUT2D eigenvalue weighted by atomic mass is 35.5. The van der Waals surface area contributed by atoms with Gasteiger partial charge < -0.3 is 4.74 Å². The molecule has 27 heavy (non-hydrogen) atoms. The molecule has 0 bridgehead atoms. The van der Waals surface area contributed by atoms with Gasteiger partial charge in [-0.2, -0.15) is 0 Å². The van der Waals surface area contributed by atoms with Crippen LogP contribution in [0, 0.1) is 0 Å². The van der Waals surface area contributed by atoms with Crippen molar-refractivity contribution in [3.63, 3.8) is 0 Å². The summed E-state index contributed by atoms with van der Waals surface area (Å²) in [5.74, 6) is 0.898. The minimum Gasteiger partial charge on any atom is -0.437 e. The van der Waals surface area contributed by atoms with E-state index in [1.54, 1.807) is 66.1 Å². The van der Waals surface area contributed by atoms with Crippen LogP contribution in [0.2, 0.25) is 5.02 Å². The fourth-order valence-corrected chi connectivity index (χ4v) is 3.25. The lowest BCUT2D eigenvalue weighted by molar-refractivity contribution is 0.104. The molecular formula is C21H13ClN2O2S. The number of hydrogen-bond acceptors (Lipinski definition) is 5. The molecule has 0 atom stereocenters. The molecular weight excluding hydrogens is 380 g/mol. The molecule has 0 unspecified atom stereocenters. The molecule has 0 aliphatic rings. The van der Waals surface area contributed by atoms with Gasteiger partial charge in [0, 0.05) is 15.5 Å². The van der Waals surface area contributed by atoms with Crippen LogP contribution in [-0.2, 0) is 0 Å². The normalized spacial score (nSPS) is 11.1. The molecule has 2 aromatic carbocycles. The van der Waals surface area contributed by atoms with Crippen molar-refractivity contribution in [2.24, 2.45) is 0 Å². The summed E-state index contributed by atoms with van der Waals surface area (Å²) >= 11 is 7.54. The van der Waals surface area contributed by atoms with Gasteiger partial charge in [-0.05, 0) is 66.1 Å². The summed E-state index contributed by atoms with van der Waals surface area (Å²) in [5, 5.41) is 2.58. The molecule has 4 rings (SSSR count). The lowest BCUT2D eigenvalue weighted by Gasteiger charge is -2.06. The van der Waals surface area contributed by atoms with Gasteiger partial charge in [-0.1, -0.05) is 17.7 Å². The van der Waals surface area contributed by atoms with E-state index in [0.717, 1.165) is 4.88 Å². The predicted molar refractivity (Wildman–Crippen MR) is 109 cm³/mol. The van der Waals surface area contributed by atoms with Gasteiger partial charge in [-0.15, -0.1) is 11.3 Å². The number of halogens is 1. The molecule has 132 valence electrons. The number of hydrogen-bond donors (Lipinski definition) is 0. The number of allylic oxidation sites excluding steroid dienone is 1. The Balaban J connectivity index is 1.47. The molecule has 0 radical (unpaired) electrons. The number of nitrogens with zero attached hydrogens (tertiary/aromatic N) is 2. The molecule has 0 fully saturated rings. The van der Waals surface area contributed by atoms with E-state index >= 15 is 0 Å². The van der Waals surface area contributed by atoms with Crippen LogP contribution in [0.5, 0.6) is 11.6 Å². The largest absolute Gasteiger partial charge is 0.437 e. The van der Waals surface area contributed by atoms with Gasteiger partial charge in [-0.3, -0.25) is 4.79 Å². The van der Waals surface area contributed by atoms with Crippen LogP contribution in [0.4, 0.5) is 0 Å². The summed E-state index contributed by atoms with van der Waals surface area (Å²) in [5.41, 5.74) is 1.99. The second-order valence-electron chi connectivity index (χ2n) is 5.68. The Hall–Kier alpha value is -3.02. The summed E-state index contributed by atoms with van der Waals surface area (Å²) in [7, 11) is 0. The molecule has 0 saturated carbocycles. The van der Waals surface area contributed by atoms with Gasteiger partial charge in [0.25, 0.3) is 0 Å². The Morgan fingerprint density at radius 3 is 2.70 bits per heavy atom. The van der Waals surface area contributed by atoms with Crippen molar-refractivity contribution in [3.8, 4) is 11.6 Å². The predicted octanol–water partition coefficient (Wildman–Crippen LogP) is 6.03. The van der Waals surface area contributed by atoms with Crippen molar-refractivity contribution < 1.29 is 9.53 Å². The van der Waals surface area contributed by atoms with E-state index in [9.17, 15) is 4.79 Å². The minimum atomic E-state index is -0.0580. The summed E-state index contributed by atoms with van der Waals surface area (Å²) in [4.78, 5) is 22.0. The summed E-state index contributed by atoms with van der Waals surface area (Å²) in [6, 6.07) is 16.1. The van der Waals surface area contributed by atoms with Crippen molar-refractivity contribution in [3.05, 3.63) is 87.7 Å². The molecule has 2 aromatic heterocycles. The lowest BCUT2D eigenvalue weighted by Crippen LogP contribution is -1.95. The van der Waals surface area contributed by atoms with Gasteiger partial charge in [0.05, 0.1) is 17.2 Å². The number of fused-ring (bicyclic) bond motifs is 1. The number of rotatable bonds is 5. The Morgan fingerprint density at radius 1 is 1.07 bits per heavy atom. The molecule has 0 saturated heterocycles. The third-order valence-corrected chi connectivity index (χ3v) is 4.86. The molecule has 4 aromatic rings. The Bertz CT molecular complexity index is 1120. The number of carbonyl (C=O) groups is 1. The smallest absolute Gasteiger partial charge is 0.238 e. The van der Waals surface area contributed by atoms with Crippen molar-refractivity contribution in [2.45, 2.75) is 0 Å². The van der Waals surface area contributed by atoms with E-state index < -0.39 is 0 Å². The van der Waals surface area contributed by atoms with Crippen LogP contribution in [0.3, 0.4) is 0 Å². The monoisotopic (exact) mass is 392 g/mol. The van der Waals surface area contributed by atoms with Crippen LogP contribution >= 0.6 is 22.9 Å². The maximum absolute atomic E-state index is 12.2. The maximum Gasteiger partial charge on any atom is 0.238 e. The topological polar surface area (TPSA) is 52.1 Å². The zero-order valence-corrected chi connectivity index (χ0v) is 15.6. The average Bonchev–Trinajstić information content (AvgIpc) is 3.20. The van der Waals surface area contributed by atoms with Crippen molar-refractivity contribution in [2.75, 3.05) is 0 Å². The van der Waals surface area contributed by atoms with Gasteiger partial charge >= 0.3 is 0 Å². The summed E-state index contributed by atoms with van der Waals surface area (Å²) in [6.45, 7) is 0. The van der Waals surface area contributed by atoms with Crippen molar-refractivity contribution >= 4 is 45.8 Å². The maximum atomic E-state index is 12.2. The lowest BCUT2D eigenvalue weighted by atomic mass is 10.1. The van der Waals surface area contributed by atoms with Crippen LogP contribution in [0.1, 0.15) is 15.2 Å². The molecule has 0 aliphatic carbocycles. The van der Waals surface area contributed by atoms with Crippen LogP contribution < -0.4 is 4.74 Å². The highest BCUT2D eigenvalue weighted by Crippen LogP contribution is 2.23. The van der Waals surface area contributed by atoms with E-state index in [1.165, 1.54) is 0 Å². The number of ether oxygens (including phenoxy) is 1. The van der Waals surface area contributed by atoms with Crippen LogP contribution in [0.15, 0.2) is 72.3 Å². The van der Waals surface area contributed by atoms with E-state index in [0.29, 0.717) is 33.2 Å². The first kappa shape index (κ1) is 17.4. The summed E-state index contributed by atoms with van der Waals surface area (Å²) < 4.78 is 5.74. The number of ketones is 1. The molecule has 0 spiro atoms. The fraction of sp³-hybridized carbons (Fsp3) is 0. The van der Waals surface area contributed by atoms with E-state index in [-0.39, 0.29) is 5.78 Å². The number of thiophene rings is 1. The first-order valence-corrected chi connectivity index (χ1v) is 9.39. The first-order chi connectivity index (χ1) is 13.2. The number of carbonyl (C=O) groups excluding carboxylic acids is 1. The first-order valence-electron chi connectivity index (χ1n) is 8.13. The third kappa shape index (κ3) is 4.22. The van der Waals surface area contributed by atoms with E-state index in [1.807, 2.05) is 23.6 Å². The van der Waals surface area contributed by atoms with Gasteiger partial charge in [0.1, 0.15) is 5.75 Å². The molecule has 4 nitrogen and oxygen atoms in total. The molecule has 2 heterocycles. The van der Waals surface area contributed by atoms with Gasteiger partial charge in [0.15, 0.2) is 5.78 Å². The van der Waals surface area contributed by atoms with E-state index in [4.69, 9.17) is 16.3 Å². The van der Waals surface area contributed by atoms with Crippen LogP contribution in [0.25, 0.3) is 17.1 Å². The zero-order valence-electron chi connectivity index (χ0n) is 14.0. The van der Waals surface area contributed by atoms with E-state index in [2.05, 4.69) is 9.97 Å².